The third kappa shape index (κ3) is 40.2. The number of hydrogen-bond donors (Lipinski definition) is 0. The van der Waals surface area contributed by atoms with E-state index in [-0.39, 0.29) is 32.0 Å². The number of nitrogens with zero attached hydrogens (tertiary/aromatic N) is 1. The Labute approximate surface area is 326 Å². The van der Waals surface area contributed by atoms with Crippen LogP contribution in [0.15, 0.2) is 12.2 Å². The Morgan fingerprint density at radius 1 is 0.566 bits per heavy atom. The second-order valence-corrected chi connectivity index (χ2v) is 17.5. The van der Waals surface area contributed by atoms with Crippen LogP contribution < -0.4 is 4.89 Å². The lowest BCUT2D eigenvalue weighted by molar-refractivity contribution is -0.870. The van der Waals surface area contributed by atoms with Crippen molar-refractivity contribution in [2.45, 2.75) is 206 Å². The Kier molecular flexibility index (Phi) is 35.5. The SMILES string of the molecule is CCCCCCC/C=C/CCCCCCCC(=O)O[C@H](COC(=O)CCCCCCCCCCCCCCCCC)COP(=O)([O-])OCC[N+](C)(C)C. The molecule has 0 N–H and O–H groups in total. The average Bonchev–Trinajstić information content (AvgIpc) is 3.10. The predicted molar refractivity (Wildman–Crippen MR) is 218 cm³/mol. The number of unbranched alkanes of at least 4 members (excludes halogenated alkanes) is 24. The molecule has 0 heterocycles. The molecule has 0 radical (unpaired) electrons. The minimum atomic E-state index is -4.62. The van der Waals surface area contributed by atoms with Crippen LogP contribution in [-0.2, 0) is 32.7 Å². The number of phosphoric acid groups is 1. The minimum absolute atomic E-state index is 0.0294. The number of carbonyl (C=O) groups is 2. The Hall–Kier alpha value is -1.25. The van der Waals surface area contributed by atoms with Gasteiger partial charge in [-0.3, -0.25) is 14.2 Å². The molecular weight excluding hydrogens is 689 g/mol. The first kappa shape index (κ1) is 51.8. The highest BCUT2D eigenvalue weighted by Crippen LogP contribution is 2.38. The maximum absolute atomic E-state index is 12.6. The summed E-state index contributed by atoms with van der Waals surface area (Å²) >= 11 is 0. The monoisotopic (exact) mass is 774 g/mol. The highest BCUT2D eigenvalue weighted by Gasteiger charge is 2.21. The van der Waals surface area contributed by atoms with E-state index in [1.165, 1.54) is 116 Å². The minimum Gasteiger partial charge on any atom is -0.756 e. The molecule has 10 heteroatoms. The summed E-state index contributed by atoms with van der Waals surface area (Å²) in [6.45, 7) is 4.23. The fraction of sp³-hybridized carbons (Fsp3) is 0.907. The summed E-state index contributed by atoms with van der Waals surface area (Å²) in [6.07, 6.45) is 36.6. The van der Waals surface area contributed by atoms with E-state index in [2.05, 4.69) is 26.0 Å². The van der Waals surface area contributed by atoms with Gasteiger partial charge >= 0.3 is 11.9 Å². The molecule has 0 bridgehead atoms. The number of phosphoric ester groups is 1. The molecule has 0 aromatic heterocycles. The summed E-state index contributed by atoms with van der Waals surface area (Å²) in [4.78, 5) is 37.5. The maximum Gasteiger partial charge on any atom is 0.306 e. The van der Waals surface area contributed by atoms with Gasteiger partial charge in [-0.05, 0) is 38.5 Å². The summed E-state index contributed by atoms with van der Waals surface area (Å²) in [5, 5.41) is 0. The summed E-state index contributed by atoms with van der Waals surface area (Å²) in [5.74, 6) is -0.835. The number of rotatable bonds is 40. The van der Waals surface area contributed by atoms with Crippen molar-refractivity contribution >= 4 is 19.8 Å². The summed E-state index contributed by atoms with van der Waals surface area (Å²) in [6, 6.07) is 0. The molecule has 53 heavy (non-hydrogen) atoms. The molecule has 0 saturated carbocycles. The number of likely N-dealkylation sites (N-methyl/N-ethyl adjacent to an activating group) is 1. The van der Waals surface area contributed by atoms with Crippen LogP contribution in [0.2, 0.25) is 0 Å². The predicted octanol–water partition coefficient (Wildman–Crippen LogP) is 11.6. The van der Waals surface area contributed by atoms with Crippen molar-refractivity contribution < 1.29 is 42.1 Å². The van der Waals surface area contributed by atoms with Gasteiger partial charge in [-0.2, -0.15) is 0 Å². The van der Waals surface area contributed by atoms with E-state index in [0.29, 0.717) is 17.4 Å². The van der Waals surface area contributed by atoms with Gasteiger partial charge in [-0.15, -0.1) is 0 Å². The smallest absolute Gasteiger partial charge is 0.306 e. The molecule has 0 aliphatic rings. The van der Waals surface area contributed by atoms with Crippen LogP contribution in [0.3, 0.4) is 0 Å². The van der Waals surface area contributed by atoms with Crippen LogP contribution in [0.4, 0.5) is 0 Å². The zero-order valence-electron chi connectivity index (χ0n) is 35.2. The Morgan fingerprint density at radius 2 is 0.962 bits per heavy atom. The van der Waals surface area contributed by atoms with Gasteiger partial charge in [0.05, 0.1) is 27.7 Å². The molecule has 0 saturated heterocycles. The fourth-order valence-electron chi connectivity index (χ4n) is 6.06. The number of allylic oxidation sites excluding steroid dienone is 2. The quantitative estimate of drug-likeness (QED) is 0.0199. The molecule has 0 fully saturated rings. The van der Waals surface area contributed by atoms with Crippen molar-refractivity contribution in [2.24, 2.45) is 0 Å². The van der Waals surface area contributed by atoms with E-state index in [4.69, 9.17) is 18.5 Å². The Balaban J connectivity index is 4.35. The molecular formula is C43H84NO8P. The standard InChI is InChI=1S/C43H84NO8P/c1-6-8-10-12-14-16-18-20-22-24-25-27-29-31-33-35-42(45)49-39-41(40-51-53(47,48)50-38-37-44(3,4)5)52-43(46)36-34-32-30-28-26-23-21-19-17-15-13-11-9-7-2/h19,21,41H,6-18,20,22-40H2,1-5H3/b21-19+/t41-/m1/s1. The normalized spacial score (nSPS) is 13.7. The molecule has 0 aliphatic carbocycles. The highest BCUT2D eigenvalue weighted by molar-refractivity contribution is 7.45. The van der Waals surface area contributed by atoms with Crippen molar-refractivity contribution in [3.05, 3.63) is 12.2 Å². The molecule has 0 aromatic rings. The number of hydrogen-bond acceptors (Lipinski definition) is 8. The van der Waals surface area contributed by atoms with E-state index in [1.54, 1.807) is 0 Å². The van der Waals surface area contributed by atoms with Gasteiger partial charge in [0.25, 0.3) is 7.82 Å². The van der Waals surface area contributed by atoms with E-state index in [1.807, 2.05) is 21.1 Å². The summed E-state index contributed by atoms with van der Waals surface area (Å²) in [5.41, 5.74) is 0. The molecule has 0 aromatic carbocycles. The lowest BCUT2D eigenvalue weighted by Crippen LogP contribution is -2.37. The lowest BCUT2D eigenvalue weighted by Gasteiger charge is -2.28. The summed E-state index contributed by atoms with van der Waals surface area (Å²) in [7, 11) is 1.17. The number of carbonyl (C=O) groups excluding carboxylic acids is 2. The van der Waals surface area contributed by atoms with Crippen LogP contribution in [0.25, 0.3) is 0 Å². The summed E-state index contributed by atoms with van der Waals surface area (Å²) < 4.78 is 33.9. The first-order chi connectivity index (χ1) is 25.5. The molecule has 0 rings (SSSR count). The molecule has 0 amide bonds. The first-order valence-corrected chi connectivity index (χ1v) is 23.4. The number of quaternary nitrogens is 1. The van der Waals surface area contributed by atoms with Gasteiger partial charge in [0.2, 0.25) is 0 Å². The second kappa shape index (κ2) is 36.4. The van der Waals surface area contributed by atoms with Crippen molar-refractivity contribution in [1.82, 2.24) is 0 Å². The second-order valence-electron chi connectivity index (χ2n) is 16.1. The van der Waals surface area contributed by atoms with Crippen molar-refractivity contribution in [3.63, 3.8) is 0 Å². The third-order valence-electron chi connectivity index (χ3n) is 9.54. The highest BCUT2D eigenvalue weighted by atomic mass is 31.2. The molecule has 2 atom stereocenters. The van der Waals surface area contributed by atoms with Crippen LogP contribution in [0.1, 0.15) is 200 Å². The molecule has 0 aliphatic heterocycles. The Morgan fingerprint density at radius 3 is 1.40 bits per heavy atom. The number of ether oxygens (including phenoxy) is 2. The van der Waals surface area contributed by atoms with E-state index >= 15 is 0 Å². The van der Waals surface area contributed by atoms with Crippen molar-refractivity contribution in [1.29, 1.82) is 0 Å². The Bertz CT molecular complexity index is 922. The fourth-order valence-corrected chi connectivity index (χ4v) is 6.79. The average molecular weight is 774 g/mol. The van der Waals surface area contributed by atoms with Crippen LogP contribution in [0.5, 0.6) is 0 Å². The van der Waals surface area contributed by atoms with E-state index in [0.717, 1.165) is 51.4 Å². The van der Waals surface area contributed by atoms with Crippen LogP contribution in [0, 0.1) is 0 Å². The van der Waals surface area contributed by atoms with Crippen LogP contribution in [-0.4, -0.2) is 70.0 Å². The lowest BCUT2D eigenvalue weighted by atomic mass is 10.0. The van der Waals surface area contributed by atoms with Gasteiger partial charge < -0.3 is 27.9 Å². The van der Waals surface area contributed by atoms with Crippen molar-refractivity contribution in [2.75, 3.05) is 47.5 Å². The van der Waals surface area contributed by atoms with Gasteiger partial charge in [-0.1, -0.05) is 161 Å². The van der Waals surface area contributed by atoms with Crippen molar-refractivity contribution in [3.8, 4) is 0 Å². The third-order valence-corrected chi connectivity index (χ3v) is 10.5. The first-order valence-electron chi connectivity index (χ1n) is 21.9. The van der Waals surface area contributed by atoms with E-state index < -0.39 is 26.5 Å². The number of esters is 2. The zero-order chi connectivity index (χ0) is 39.3. The topological polar surface area (TPSA) is 111 Å². The molecule has 314 valence electrons. The maximum atomic E-state index is 12.6. The van der Waals surface area contributed by atoms with Gasteiger partial charge in [0, 0.05) is 12.8 Å². The van der Waals surface area contributed by atoms with Gasteiger partial charge in [-0.25, -0.2) is 0 Å². The van der Waals surface area contributed by atoms with Gasteiger partial charge in [0.1, 0.15) is 19.8 Å². The van der Waals surface area contributed by atoms with Gasteiger partial charge in [0.15, 0.2) is 6.10 Å². The molecule has 0 spiro atoms. The zero-order valence-corrected chi connectivity index (χ0v) is 36.1. The molecule has 9 nitrogen and oxygen atoms in total. The van der Waals surface area contributed by atoms with Crippen LogP contribution >= 0.6 is 7.82 Å². The van der Waals surface area contributed by atoms with E-state index in [9.17, 15) is 19.0 Å². The molecule has 1 unspecified atom stereocenters. The largest absolute Gasteiger partial charge is 0.756 e.